The summed E-state index contributed by atoms with van der Waals surface area (Å²) in [6, 6.07) is 3.48. The Morgan fingerprint density at radius 1 is 1.35 bits per heavy atom. The number of nitrogens with one attached hydrogen (secondary N) is 1. The molecule has 2 heterocycles. The molecule has 0 aromatic carbocycles. The molecule has 8 heteroatoms. The van der Waals surface area contributed by atoms with Crippen molar-refractivity contribution in [2.45, 2.75) is 32.0 Å². The Labute approximate surface area is 118 Å². The van der Waals surface area contributed by atoms with E-state index >= 15 is 0 Å². The number of methoxy groups -OCH3 is 1. The van der Waals surface area contributed by atoms with Crippen molar-refractivity contribution < 1.29 is 17.9 Å². The molecule has 0 amide bonds. The Kier molecular flexibility index (Phi) is 4.32. The Morgan fingerprint density at radius 2 is 2.10 bits per heavy atom. The molecular weight excluding hydrogens is 291 g/mol. The lowest BCUT2D eigenvalue weighted by molar-refractivity contribution is -0.135. The third-order valence-corrected chi connectivity index (χ3v) is 3.22. The van der Waals surface area contributed by atoms with Crippen molar-refractivity contribution in [2.75, 3.05) is 7.11 Å². The van der Waals surface area contributed by atoms with Crippen molar-refractivity contribution in [3.8, 4) is 5.88 Å². The number of halogens is 3. The number of imidazole rings is 1. The molecule has 0 spiro atoms. The molecule has 2 rings (SSSR count). The Hall–Kier alpha value is -1.57. The minimum atomic E-state index is -4.11. The van der Waals surface area contributed by atoms with Crippen LogP contribution >= 0.6 is 12.2 Å². The number of unbranched alkanes of at least 4 members (excludes halogenated alkanes) is 1. The molecule has 20 heavy (non-hydrogen) atoms. The number of ether oxygens (including phenoxy) is 1. The van der Waals surface area contributed by atoms with Gasteiger partial charge in [0.15, 0.2) is 10.4 Å². The minimum Gasteiger partial charge on any atom is -0.481 e. The molecule has 0 saturated heterocycles. The maximum Gasteiger partial charge on any atom is 0.389 e. The summed E-state index contributed by atoms with van der Waals surface area (Å²) in [6.07, 6.45) is -4.43. The average molecular weight is 305 g/mol. The molecule has 0 saturated carbocycles. The number of aryl methyl sites for hydroxylation is 1. The van der Waals surface area contributed by atoms with Crippen LogP contribution in [0, 0.1) is 4.77 Å². The summed E-state index contributed by atoms with van der Waals surface area (Å²) in [5.41, 5.74) is 1.34. The fourth-order valence-electron chi connectivity index (χ4n) is 1.93. The van der Waals surface area contributed by atoms with Gasteiger partial charge in [0, 0.05) is 19.0 Å². The molecule has 0 atom stereocenters. The number of nitrogens with zero attached hydrogens (tertiary/aromatic N) is 2. The third-order valence-electron chi connectivity index (χ3n) is 2.89. The predicted octanol–water partition coefficient (Wildman–Crippen LogP) is 3.84. The van der Waals surface area contributed by atoms with E-state index < -0.39 is 12.6 Å². The van der Waals surface area contributed by atoms with Gasteiger partial charge in [0.25, 0.3) is 0 Å². The molecule has 1 N–H and O–H groups in total. The SMILES string of the molecule is COc1ccc2[nH]c(=S)n(CCCCC(F)(F)F)c2n1. The summed E-state index contributed by atoms with van der Waals surface area (Å²) >= 11 is 5.16. The first kappa shape index (κ1) is 14.8. The fourth-order valence-corrected chi connectivity index (χ4v) is 2.22. The Morgan fingerprint density at radius 3 is 2.75 bits per heavy atom. The summed E-state index contributed by atoms with van der Waals surface area (Å²) in [5.74, 6) is 0.440. The highest BCUT2D eigenvalue weighted by atomic mass is 32.1. The summed E-state index contributed by atoms with van der Waals surface area (Å²) in [4.78, 5) is 7.24. The number of H-pyrrole nitrogens is 1. The van der Waals surface area contributed by atoms with Gasteiger partial charge in [0.05, 0.1) is 12.6 Å². The van der Waals surface area contributed by atoms with Crippen molar-refractivity contribution in [1.82, 2.24) is 14.5 Å². The molecule has 2 aromatic rings. The third kappa shape index (κ3) is 3.50. The van der Waals surface area contributed by atoms with Gasteiger partial charge in [-0.05, 0) is 31.1 Å². The zero-order chi connectivity index (χ0) is 14.8. The smallest absolute Gasteiger partial charge is 0.389 e. The number of aromatic nitrogens is 3. The van der Waals surface area contributed by atoms with Crippen LogP contribution in [0.25, 0.3) is 11.2 Å². The standard InChI is InChI=1S/C12H14F3N3OS/c1-19-9-5-4-8-10(17-9)18(11(20)16-8)7-3-2-6-12(13,14)15/h4-5H,2-3,6-7H2,1H3,(H,16,20). The lowest BCUT2D eigenvalue weighted by Crippen LogP contribution is -2.08. The van der Waals surface area contributed by atoms with Crippen LogP contribution in [0.2, 0.25) is 0 Å². The zero-order valence-corrected chi connectivity index (χ0v) is 11.6. The minimum absolute atomic E-state index is 0.0713. The normalized spacial score (nSPS) is 12.0. The van der Waals surface area contributed by atoms with Gasteiger partial charge in [-0.3, -0.25) is 0 Å². The molecule has 0 unspecified atom stereocenters. The average Bonchev–Trinajstić information content (AvgIpc) is 2.68. The summed E-state index contributed by atoms with van der Waals surface area (Å²) in [5, 5.41) is 0. The van der Waals surface area contributed by atoms with Gasteiger partial charge in [0.1, 0.15) is 0 Å². The van der Waals surface area contributed by atoms with E-state index in [9.17, 15) is 13.2 Å². The first-order valence-electron chi connectivity index (χ1n) is 6.11. The van der Waals surface area contributed by atoms with Gasteiger partial charge in [0.2, 0.25) is 5.88 Å². The van der Waals surface area contributed by atoms with Crippen molar-refractivity contribution in [1.29, 1.82) is 0 Å². The number of pyridine rings is 1. The second-order valence-electron chi connectivity index (χ2n) is 4.38. The molecule has 0 aliphatic rings. The van der Waals surface area contributed by atoms with E-state index in [1.54, 1.807) is 16.7 Å². The lowest BCUT2D eigenvalue weighted by Gasteiger charge is -2.07. The zero-order valence-electron chi connectivity index (χ0n) is 10.8. The van der Waals surface area contributed by atoms with Crippen LogP contribution in [0.5, 0.6) is 5.88 Å². The van der Waals surface area contributed by atoms with Crippen LogP contribution in [0.15, 0.2) is 12.1 Å². The second-order valence-corrected chi connectivity index (χ2v) is 4.77. The first-order chi connectivity index (χ1) is 9.40. The van der Waals surface area contributed by atoms with Crippen LogP contribution in [-0.2, 0) is 6.54 Å². The van der Waals surface area contributed by atoms with Crippen LogP contribution in [0.4, 0.5) is 13.2 Å². The summed E-state index contributed by atoms with van der Waals surface area (Å²) in [7, 11) is 1.50. The molecule has 0 aliphatic heterocycles. The Bertz CT molecular complexity index is 647. The van der Waals surface area contributed by atoms with Crippen molar-refractivity contribution in [3.63, 3.8) is 0 Å². The van der Waals surface area contributed by atoms with E-state index in [2.05, 4.69) is 9.97 Å². The predicted molar refractivity (Wildman–Crippen MR) is 71.4 cm³/mol. The number of aromatic amines is 1. The van der Waals surface area contributed by atoms with E-state index in [0.29, 0.717) is 29.3 Å². The quantitative estimate of drug-likeness (QED) is 0.674. The van der Waals surface area contributed by atoms with Crippen molar-refractivity contribution in [3.05, 3.63) is 16.9 Å². The van der Waals surface area contributed by atoms with Gasteiger partial charge in [-0.25, -0.2) is 0 Å². The molecular formula is C12H14F3N3OS. The van der Waals surface area contributed by atoms with E-state index in [4.69, 9.17) is 17.0 Å². The number of hydrogen-bond acceptors (Lipinski definition) is 3. The topological polar surface area (TPSA) is 42.8 Å². The van der Waals surface area contributed by atoms with Gasteiger partial charge in [-0.2, -0.15) is 18.2 Å². The highest BCUT2D eigenvalue weighted by Crippen LogP contribution is 2.23. The van der Waals surface area contributed by atoms with Crippen LogP contribution in [0.1, 0.15) is 19.3 Å². The summed E-state index contributed by atoms with van der Waals surface area (Å²) in [6.45, 7) is 0.398. The fraction of sp³-hybridized carbons (Fsp3) is 0.500. The number of fused-ring (bicyclic) bond motifs is 1. The highest BCUT2D eigenvalue weighted by Gasteiger charge is 2.25. The van der Waals surface area contributed by atoms with Crippen LogP contribution in [-0.4, -0.2) is 27.8 Å². The summed E-state index contributed by atoms with van der Waals surface area (Å²) < 4.78 is 43.5. The monoisotopic (exact) mass is 305 g/mol. The maximum atomic E-state index is 12.1. The van der Waals surface area contributed by atoms with E-state index in [1.165, 1.54) is 7.11 Å². The Balaban J connectivity index is 2.13. The molecule has 0 aliphatic carbocycles. The maximum absolute atomic E-state index is 12.1. The molecule has 110 valence electrons. The molecule has 0 radical (unpaired) electrons. The van der Waals surface area contributed by atoms with Gasteiger partial charge < -0.3 is 14.3 Å². The van der Waals surface area contributed by atoms with E-state index in [1.807, 2.05) is 0 Å². The number of hydrogen-bond donors (Lipinski definition) is 1. The molecule has 2 aromatic heterocycles. The van der Waals surface area contributed by atoms with Gasteiger partial charge >= 0.3 is 6.18 Å². The van der Waals surface area contributed by atoms with E-state index in [-0.39, 0.29) is 6.42 Å². The highest BCUT2D eigenvalue weighted by molar-refractivity contribution is 7.71. The van der Waals surface area contributed by atoms with Crippen LogP contribution in [0.3, 0.4) is 0 Å². The number of alkyl halides is 3. The molecule has 0 fully saturated rings. The first-order valence-corrected chi connectivity index (χ1v) is 6.52. The lowest BCUT2D eigenvalue weighted by atomic mass is 10.2. The second kappa shape index (κ2) is 5.82. The van der Waals surface area contributed by atoms with Gasteiger partial charge in [-0.1, -0.05) is 0 Å². The number of rotatable bonds is 5. The largest absolute Gasteiger partial charge is 0.481 e. The van der Waals surface area contributed by atoms with Gasteiger partial charge in [-0.15, -0.1) is 0 Å². The van der Waals surface area contributed by atoms with Crippen molar-refractivity contribution in [2.24, 2.45) is 0 Å². The molecule has 0 bridgehead atoms. The van der Waals surface area contributed by atoms with Crippen LogP contribution < -0.4 is 4.74 Å². The molecule has 4 nitrogen and oxygen atoms in total. The van der Waals surface area contributed by atoms with E-state index in [0.717, 1.165) is 5.52 Å². The van der Waals surface area contributed by atoms with Crippen molar-refractivity contribution >= 4 is 23.4 Å².